The molecule has 0 unspecified atom stereocenters. The van der Waals surface area contributed by atoms with Crippen molar-refractivity contribution >= 4 is 28.3 Å². The summed E-state index contributed by atoms with van der Waals surface area (Å²) < 4.78 is 0. The molecule has 25 heavy (non-hydrogen) atoms. The molecule has 1 aromatic heterocycles. The fourth-order valence-corrected chi connectivity index (χ4v) is 5.30. The van der Waals surface area contributed by atoms with Gasteiger partial charge in [-0.3, -0.25) is 9.59 Å². The van der Waals surface area contributed by atoms with Crippen LogP contribution in [0.25, 0.3) is 0 Å². The van der Waals surface area contributed by atoms with Crippen LogP contribution in [0.1, 0.15) is 31.4 Å². The van der Waals surface area contributed by atoms with E-state index >= 15 is 0 Å². The third kappa shape index (κ3) is 3.25. The molecule has 4 rings (SSSR count). The lowest BCUT2D eigenvalue weighted by molar-refractivity contribution is -0.157. The second kappa shape index (κ2) is 6.92. The molecule has 0 spiro atoms. The van der Waals surface area contributed by atoms with Crippen molar-refractivity contribution in [1.82, 2.24) is 20.5 Å². The highest BCUT2D eigenvalue weighted by Gasteiger charge is 2.50. The lowest BCUT2D eigenvalue weighted by Gasteiger charge is -2.53. The Morgan fingerprint density at radius 1 is 1.44 bits per heavy atom. The average molecular weight is 363 g/mol. The number of hydrogen-bond donors (Lipinski definition) is 3. The van der Waals surface area contributed by atoms with Crippen LogP contribution in [0, 0.1) is 11.8 Å². The highest BCUT2D eigenvalue weighted by atomic mass is 32.1. The van der Waals surface area contributed by atoms with Crippen molar-refractivity contribution in [3.63, 3.8) is 0 Å². The molecular weight excluding hydrogens is 338 g/mol. The topological polar surface area (TPSA) is 100 Å². The molecule has 4 N–H and O–H groups in total. The molecule has 0 aliphatic carbocycles. The van der Waals surface area contributed by atoms with Gasteiger partial charge in [0.2, 0.25) is 11.8 Å². The molecule has 4 heterocycles. The van der Waals surface area contributed by atoms with Gasteiger partial charge in [-0.15, -0.1) is 11.3 Å². The largest absolute Gasteiger partial charge is 0.375 e. The zero-order chi connectivity index (χ0) is 17.4. The molecule has 3 saturated heterocycles. The molecule has 2 amide bonds. The number of nitrogens with zero attached hydrogens (tertiary/aromatic N) is 2. The van der Waals surface area contributed by atoms with E-state index in [9.17, 15) is 9.59 Å². The molecule has 0 saturated carbocycles. The predicted molar refractivity (Wildman–Crippen MR) is 96.0 cm³/mol. The number of fused-ring (bicyclic) bond motifs is 4. The van der Waals surface area contributed by atoms with Gasteiger partial charge in [-0.1, -0.05) is 0 Å². The lowest BCUT2D eigenvalue weighted by atomic mass is 9.72. The van der Waals surface area contributed by atoms with Gasteiger partial charge in [-0.05, 0) is 31.7 Å². The van der Waals surface area contributed by atoms with Gasteiger partial charge in [-0.25, -0.2) is 4.98 Å². The molecule has 4 atom stereocenters. The van der Waals surface area contributed by atoms with Crippen LogP contribution in [0.4, 0.5) is 5.13 Å². The van der Waals surface area contributed by atoms with Crippen molar-refractivity contribution in [3.8, 4) is 0 Å². The molecule has 3 aliphatic heterocycles. The van der Waals surface area contributed by atoms with Crippen LogP contribution < -0.4 is 16.4 Å². The summed E-state index contributed by atoms with van der Waals surface area (Å²) >= 11 is 1.41. The van der Waals surface area contributed by atoms with E-state index in [0.29, 0.717) is 30.4 Å². The maximum Gasteiger partial charge on any atom is 0.243 e. The Kier molecular flexibility index (Phi) is 4.64. The van der Waals surface area contributed by atoms with Crippen molar-refractivity contribution in [2.75, 3.05) is 25.4 Å². The van der Waals surface area contributed by atoms with E-state index in [4.69, 9.17) is 5.73 Å². The third-order valence-corrected chi connectivity index (χ3v) is 6.49. The Balaban J connectivity index is 1.44. The Hall–Kier alpha value is -1.67. The SMILES string of the molecule is Nc1nc(CCNC(=O)[C@H]2[C@@H]3CNC[C@@H](C3)[C@@H]3CCCC(=O)N32)cs1. The van der Waals surface area contributed by atoms with Crippen molar-refractivity contribution < 1.29 is 9.59 Å². The summed E-state index contributed by atoms with van der Waals surface area (Å²) in [5.41, 5.74) is 6.54. The quantitative estimate of drug-likeness (QED) is 0.718. The predicted octanol–water partition coefficient (Wildman–Crippen LogP) is 0.373. The van der Waals surface area contributed by atoms with Crippen LogP contribution in [0.15, 0.2) is 5.38 Å². The fraction of sp³-hybridized carbons (Fsp3) is 0.706. The minimum Gasteiger partial charge on any atom is -0.375 e. The zero-order valence-corrected chi connectivity index (χ0v) is 15.1. The molecule has 0 radical (unpaired) electrons. The highest BCUT2D eigenvalue weighted by Crippen LogP contribution is 2.39. The van der Waals surface area contributed by atoms with Gasteiger partial charge in [0.15, 0.2) is 5.13 Å². The Morgan fingerprint density at radius 2 is 2.28 bits per heavy atom. The molecule has 8 heteroatoms. The number of amides is 2. The summed E-state index contributed by atoms with van der Waals surface area (Å²) in [5.74, 6) is 0.841. The van der Waals surface area contributed by atoms with E-state index in [1.807, 2.05) is 10.3 Å². The number of hydrogen-bond acceptors (Lipinski definition) is 6. The standard InChI is InChI=1S/C17H25N5O2S/c18-17-21-12(9-25-17)4-5-20-16(24)15-11-6-10(7-19-8-11)13-2-1-3-14(23)22(13)15/h9-11,13,15,19H,1-8H2,(H2,18,21)(H,20,24)/t10-,11+,13+,15-/m1/s1. The Labute approximate surface area is 151 Å². The number of piperidine rings is 3. The van der Waals surface area contributed by atoms with Crippen LogP contribution >= 0.6 is 11.3 Å². The Morgan fingerprint density at radius 3 is 3.08 bits per heavy atom. The number of thiazole rings is 1. The number of nitrogens with two attached hydrogens (primary N) is 1. The number of rotatable bonds is 4. The number of nitrogen functional groups attached to an aromatic ring is 1. The smallest absolute Gasteiger partial charge is 0.243 e. The first-order valence-corrected chi connectivity index (χ1v) is 10.0. The summed E-state index contributed by atoms with van der Waals surface area (Å²) in [7, 11) is 0. The minimum atomic E-state index is -0.331. The third-order valence-electron chi connectivity index (χ3n) is 5.76. The van der Waals surface area contributed by atoms with Gasteiger partial charge < -0.3 is 21.3 Å². The minimum absolute atomic E-state index is 0.0180. The summed E-state index contributed by atoms with van der Waals surface area (Å²) in [6.45, 7) is 2.30. The van der Waals surface area contributed by atoms with E-state index in [2.05, 4.69) is 15.6 Å². The number of anilines is 1. The zero-order valence-electron chi connectivity index (χ0n) is 14.2. The summed E-state index contributed by atoms with van der Waals surface area (Å²) in [6.07, 6.45) is 4.25. The molecule has 3 fully saturated rings. The van der Waals surface area contributed by atoms with Crippen LogP contribution in [-0.4, -0.2) is 53.4 Å². The number of nitrogens with one attached hydrogen (secondary N) is 2. The molecule has 0 aromatic carbocycles. The summed E-state index contributed by atoms with van der Waals surface area (Å²) in [5, 5.41) is 8.96. The van der Waals surface area contributed by atoms with E-state index in [1.54, 1.807) is 0 Å². The van der Waals surface area contributed by atoms with Crippen LogP contribution in [0.5, 0.6) is 0 Å². The highest BCUT2D eigenvalue weighted by molar-refractivity contribution is 7.13. The van der Waals surface area contributed by atoms with Crippen molar-refractivity contribution in [2.45, 2.75) is 44.2 Å². The van der Waals surface area contributed by atoms with Gasteiger partial charge >= 0.3 is 0 Å². The van der Waals surface area contributed by atoms with Crippen molar-refractivity contribution in [3.05, 3.63) is 11.1 Å². The van der Waals surface area contributed by atoms with E-state index < -0.39 is 0 Å². The maximum atomic E-state index is 12.9. The maximum absolute atomic E-state index is 12.9. The molecule has 3 aliphatic rings. The lowest BCUT2D eigenvalue weighted by Crippen LogP contribution is -2.68. The van der Waals surface area contributed by atoms with Crippen LogP contribution in [0.2, 0.25) is 0 Å². The van der Waals surface area contributed by atoms with Gasteiger partial charge in [-0.2, -0.15) is 0 Å². The second-order valence-corrected chi connectivity index (χ2v) is 8.23. The van der Waals surface area contributed by atoms with Crippen LogP contribution in [0.3, 0.4) is 0 Å². The number of carbonyl (C=O) groups is 2. The van der Waals surface area contributed by atoms with Crippen molar-refractivity contribution in [2.24, 2.45) is 11.8 Å². The Bertz CT molecular complexity index is 663. The fourth-order valence-electron chi connectivity index (χ4n) is 4.71. The van der Waals surface area contributed by atoms with E-state index in [0.717, 1.165) is 38.0 Å². The molecule has 2 bridgehead atoms. The first-order chi connectivity index (χ1) is 12.1. The molecule has 1 aromatic rings. The first-order valence-electron chi connectivity index (χ1n) is 9.13. The second-order valence-electron chi connectivity index (χ2n) is 7.34. The summed E-state index contributed by atoms with van der Waals surface area (Å²) in [6, 6.07) is -0.109. The van der Waals surface area contributed by atoms with E-state index in [1.165, 1.54) is 11.3 Å². The number of carbonyl (C=O) groups excluding carboxylic acids is 2. The molecule has 136 valence electrons. The number of aromatic nitrogens is 1. The van der Waals surface area contributed by atoms with Gasteiger partial charge in [0.25, 0.3) is 0 Å². The molecule has 7 nitrogen and oxygen atoms in total. The van der Waals surface area contributed by atoms with Crippen LogP contribution in [-0.2, 0) is 16.0 Å². The summed E-state index contributed by atoms with van der Waals surface area (Å²) in [4.78, 5) is 31.6. The normalized spacial score (nSPS) is 31.5. The monoisotopic (exact) mass is 363 g/mol. The first kappa shape index (κ1) is 16.8. The van der Waals surface area contributed by atoms with Gasteiger partial charge in [0.1, 0.15) is 6.04 Å². The average Bonchev–Trinajstić information content (AvgIpc) is 3.01. The van der Waals surface area contributed by atoms with Crippen molar-refractivity contribution in [1.29, 1.82) is 0 Å². The van der Waals surface area contributed by atoms with Gasteiger partial charge in [0, 0.05) is 43.3 Å². The molecular formula is C17H25N5O2S. The van der Waals surface area contributed by atoms with E-state index in [-0.39, 0.29) is 29.8 Å². The van der Waals surface area contributed by atoms with Gasteiger partial charge in [0.05, 0.1) is 5.69 Å².